The molecule has 0 aliphatic heterocycles. The third kappa shape index (κ3) is 4.09. The molecular formula is C20H18ClF3N6OS. The Hall–Kier alpha value is -2.92. The van der Waals surface area contributed by atoms with Crippen LogP contribution in [0.2, 0.25) is 5.02 Å². The van der Waals surface area contributed by atoms with Crippen LogP contribution in [0, 0.1) is 0 Å². The number of carbonyl (C=O) groups is 1. The van der Waals surface area contributed by atoms with Gasteiger partial charge in [0.25, 0.3) is 5.91 Å². The van der Waals surface area contributed by atoms with E-state index < -0.39 is 17.8 Å². The SMILES string of the molecule is CCc1ccc(-c2cc(C(F)(F)F)n3nc(C(=O)N(C)Cc4c(Cl)cnn4C)cc3n2)s1. The van der Waals surface area contributed by atoms with Crippen molar-refractivity contribution in [2.75, 3.05) is 7.05 Å². The molecule has 7 nitrogen and oxygen atoms in total. The van der Waals surface area contributed by atoms with Crippen molar-refractivity contribution in [1.29, 1.82) is 0 Å². The summed E-state index contributed by atoms with van der Waals surface area (Å²) >= 11 is 7.47. The van der Waals surface area contributed by atoms with E-state index in [9.17, 15) is 18.0 Å². The molecule has 0 saturated carbocycles. The van der Waals surface area contributed by atoms with Crippen LogP contribution in [-0.4, -0.2) is 42.2 Å². The van der Waals surface area contributed by atoms with Gasteiger partial charge in [0.05, 0.1) is 34.0 Å². The van der Waals surface area contributed by atoms with Crippen molar-refractivity contribution < 1.29 is 18.0 Å². The fourth-order valence-electron chi connectivity index (χ4n) is 3.22. The third-order valence-electron chi connectivity index (χ3n) is 4.94. The molecule has 32 heavy (non-hydrogen) atoms. The highest BCUT2D eigenvalue weighted by Crippen LogP contribution is 2.34. The first-order valence-electron chi connectivity index (χ1n) is 9.57. The average molecular weight is 483 g/mol. The van der Waals surface area contributed by atoms with Gasteiger partial charge in [-0.15, -0.1) is 11.3 Å². The van der Waals surface area contributed by atoms with E-state index in [1.165, 1.54) is 40.2 Å². The lowest BCUT2D eigenvalue weighted by molar-refractivity contribution is -0.142. The van der Waals surface area contributed by atoms with E-state index in [0.29, 0.717) is 20.1 Å². The van der Waals surface area contributed by atoms with Crippen molar-refractivity contribution in [3.63, 3.8) is 0 Å². The van der Waals surface area contributed by atoms with E-state index in [2.05, 4.69) is 15.2 Å². The van der Waals surface area contributed by atoms with Crippen LogP contribution in [0.3, 0.4) is 0 Å². The van der Waals surface area contributed by atoms with Crippen molar-refractivity contribution in [3.05, 3.63) is 57.4 Å². The van der Waals surface area contributed by atoms with Gasteiger partial charge in [0, 0.05) is 25.0 Å². The van der Waals surface area contributed by atoms with E-state index in [1.807, 2.05) is 13.0 Å². The van der Waals surface area contributed by atoms with E-state index in [-0.39, 0.29) is 23.6 Å². The van der Waals surface area contributed by atoms with Crippen LogP contribution in [0.1, 0.15) is 33.7 Å². The monoisotopic (exact) mass is 482 g/mol. The predicted octanol–water partition coefficient (Wildman–Crippen LogP) is 4.70. The minimum absolute atomic E-state index is 0.0587. The Bertz CT molecular complexity index is 1290. The Balaban J connectivity index is 1.74. The number of hydrogen-bond donors (Lipinski definition) is 0. The van der Waals surface area contributed by atoms with E-state index in [4.69, 9.17) is 11.6 Å². The molecule has 0 fully saturated rings. The van der Waals surface area contributed by atoms with E-state index in [0.717, 1.165) is 17.4 Å². The molecule has 4 rings (SSSR count). The fraction of sp³-hybridized carbons (Fsp3) is 0.300. The van der Waals surface area contributed by atoms with E-state index in [1.54, 1.807) is 13.1 Å². The van der Waals surface area contributed by atoms with Crippen molar-refractivity contribution in [3.8, 4) is 10.6 Å². The second-order valence-electron chi connectivity index (χ2n) is 7.17. The lowest BCUT2D eigenvalue weighted by atomic mass is 10.2. The number of rotatable bonds is 5. The van der Waals surface area contributed by atoms with Crippen LogP contribution < -0.4 is 0 Å². The molecule has 4 aromatic heterocycles. The molecule has 12 heteroatoms. The van der Waals surface area contributed by atoms with Crippen molar-refractivity contribution >= 4 is 34.5 Å². The van der Waals surface area contributed by atoms with Gasteiger partial charge in [-0.05, 0) is 24.6 Å². The summed E-state index contributed by atoms with van der Waals surface area (Å²) < 4.78 is 43.6. The molecule has 0 spiro atoms. The molecule has 4 heterocycles. The molecule has 4 aromatic rings. The molecule has 168 valence electrons. The molecule has 0 bridgehead atoms. The van der Waals surface area contributed by atoms with Gasteiger partial charge in [0.2, 0.25) is 0 Å². The molecule has 0 aromatic carbocycles. The van der Waals surface area contributed by atoms with Gasteiger partial charge in [0.15, 0.2) is 17.0 Å². The number of thiophene rings is 1. The fourth-order valence-corrected chi connectivity index (χ4v) is 4.35. The number of carbonyl (C=O) groups excluding carboxylic acids is 1. The first kappa shape index (κ1) is 22.3. The first-order chi connectivity index (χ1) is 15.1. The van der Waals surface area contributed by atoms with Crippen LogP contribution in [0.4, 0.5) is 13.2 Å². The number of hydrogen-bond acceptors (Lipinski definition) is 5. The smallest absolute Gasteiger partial charge is 0.334 e. The van der Waals surface area contributed by atoms with Gasteiger partial charge < -0.3 is 4.90 Å². The van der Waals surface area contributed by atoms with Crippen LogP contribution in [0.15, 0.2) is 30.5 Å². The van der Waals surface area contributed by atoms with Gasteiger partial charge in [-0.3, -0.25) is 9.48 Å². The molecule has 0 unspecified atom stereocenters. The van der Waals surface area contributed by atoms with Crippen molar-refractivity contribution in [1.82, 2.24) is 29.3 Å². The molecule has 0 aliphatic carbocycles. The molecule has 0 aliphatic rings. The highest BCUT2D eigenvalue weighted by atomic mass is 35.5. The summed E-state index contributed by atoms with van der Waals surface area (Å²) in [5.41, 5.74) is -0.436. The minimum atomic E-state index is -4.68. The summed E-state index contributed by atoms with van der Waals surface area (Å²) in [6.07, 6.45) is -2.45. The summed E-state index contributed by atoms with van der Waals surface area (Å²) in [6.45, 7) is 2.08. The number of aromatic nitrogens is 5. The maximum atomic E-state index is 13.8. The van der Waals surface area contributed by atoms with Crippen LogP contribution in [0.5, 0.6) is 0 Å². The predicted molar refractivity (Wildman–Crippen MR) is 115 cm³/mol. The molecule has 0 atom stereocenters. The summed E-state index contributed by atoms with van der Waals surface area (Å²) in [6, 6.07) is 5.83. The minimum Gasteiger partial charge on any atom is -0.334 e. The first-order valence-corrected chi connectivity index (χ1v) is 10.8. The third-order valence-corrected chi connectivity index (χ3v) is 6.51. The molecule has 0 saturated heterocycles. The van der Waals surface area contributed by atoms with Gasteiger partial charge in [0.1, 0.15) is 0 Å². The molecule has 1 amide bonds. The zero-order valence-electron chi connectivity index (χ0n) is 17.3. The number of nitrogens with zero attached hydrogens (tertiary/aromatic N) is 6. The number of halogens is 4. The molecule has 0 N–H and O–H groups in total. The van der Waals surface area contributed by atoms with Gasteiger partial charge >= 0.3 is 6.18 Å². The quantitative estimate of drug-likeness (QED) is 0.413. The van der Waals surface area contributed by atoms with Gasteiger partial charge in [-0.2, -0.15) is 23.4 Å². The standard InChI is InChI=1S/C20H18ClF3N6OS/c1-4-11-5-6-16(32-11)13-7-17(20(22,23)24)30-18(26-13)8-14(27-30)19(31)28(2)10-15-12(21)9-25-29(15)3/h5-9H,4,10H2,1-3H3. The topological polar surface area (TPSA) is 68.3 Å². The molecular weight excluding hydrogens is 465 g/mol. The Morgan fingerprint density at radius 3 is 2.62 bits per heavy atom. The summed E-state index contributed by atoms with van der Waals surface area (Å²) in [5.74, 6) is -0.563. The largest absolute Gasteiger partial charge is 0.433 e. The van der Waals surface area contributed by atoms with Crippen LogP contribution in [0.25, 0.3) is 16.2 Å². The summed E-state index contributed by atoms with van der Waals surface area (Å²) in [7, 11) is 3.19. The summed E-state index contributed by atoms with van der Waals surface area (Å²) in [5, 5.41) is 8.32. The summed E-state index contributed by atoms with van der Waals surface area (Å²) in [4.78, 5) is 20.2. The lowest BCUT2D eigenvalue weighted by Gasteiger charge is -2.16. The maximum Gasteiger partial charge on any atom is 0.433 e. The van der Waals surface area contributed by atoms with Crippen molar-refractivity contribution in [2.24, 2.45) is 7.05 Å². The number of aryl methyl sites for hydroxylation is 2. The molecule has 0 radical (unpaired) electrons. The number of fused-ring (bicyclic) bond motifs is 1. The lowest BCUT2D eigenvalue weighted by Crippen LogP contribution is -2.28. The van der Waals surface area contributed by atoms with Crippen LogP contribution >= 0.6 is 22.9 Å². The van der Waals surface area contributed by atoms with Gasteiger partial charge in [-0.25, -0.2) is 9.50 Å². The van der Waals surface area contributed by atoms with Gasteiger partial charge in [-0.1, -0.05) is 18.5 Å². The van der Waals surface area contributed by atoms with Crippen LogP contribution in [-0.2, 0) is 26.2 Å². The number of amides is 1. The number of alkyl halides is 3. The second kappa shape index (κ2) is 8.21. The zero-order chi connectivity index (χ0) is 23.2. The normalized spacial score (nSPS) is 12.0. The second-order valence-corrected chi connectivity index (χ2v) is 8.74. The maximum absolute atomic E-state index is 13.8. The highest BCUT2D eigenvalue weighted by molar-refractivity contribution is 7.15. The average Bonchev–Trinajstić information content (AvgIpc) is 3.46. The Morgan fingerprint density at radius 2 is 2.03 bits per heavy atom. The van der Waals surface area contributed by atoms with Crippen molar-refractivity contribution in [2.45, 2.75) is 26.1 Å². The van der Waals surface area contributed by atoms with E-state index >= 15 is 0 Å². The zero-order valence-corrected chi connectivity index (χ0v) is 18.9. The Morgan fingerprint density at radius 1 is 1.28 bits per heavy atom. The Kier molecular flexibility index (Phi) is 5.72. The highest BCUT2D eigenvalue weighted by Gasteiger charge is 2.36. The Labute approximate surface area is 190 Å².